The van der Waals surface area contributed by atoms with Gasteiger partial charge in [0.15, 0.2) is 0 Å². The van der Waals surface area contributed by atoms with Gasteiger partial charge in [-0.25, -0.2) is 0 Å². The van der Waals surface area contributed by atoms with E-state index in [1.807, 2.05) is 12.1 Å². The topological polar surface area (TPSA) is 41.3 Å². The Labute approximate surface area is 172 Å². The van der Waals surface area contributed by atoms with Crippen LogP contribution in [-0.4, -0.2) is 24.0 Å². The van der Waals surface area contributed by atoms with Crippen molar-refractivity contribution in [2.24, 2.45) is 0 Å². The van der Waals surface area contributed by atoms with Gasteiger partial charge in [-0.3, -0.25) is 9.62 Å². The molecule has 1 aliphatic rings. The van der Waals surface area contributed by atoms with Crippen molar-refractivity contribution in [3.05, 3.63) is 83.9 Å². The number of rotatable bonds is 6. The predicted molar refractivity (Wildman–Crippen MR) is 120 cm³/mol. The summed E-state index contributed by atoms with van der Waals surface area (Å²) in [6.45, 7) is 5.35. The molecular weight excluding hydrogens is 362 g/mol. The zero-order chi connectivity index (χ0) is 19.3. The maximum absolute atomic E-state index is 5.92. The molecular formula is C24H27N3S. The third-order valence-electron chi connectivity index (χ3n) is 5.29. The molecule has 3 N–H and O–H groups in total. The van der Waals surface area contributed by atoms with Gasteiger partial charge in [0.25, 0.3) is 0 Å². The van der Waals surface area contributed by atoms with E-state index in [0.717, 1.165) is 25.3 Å². The zero-order valence-electron chi connectivity index (χ0n) is 16.3. The van der Waals surface area contributed by atoms with E-state index < -0.39 is 0 Å². The SMILES string of the molecule is Cc1ccc(N)cc1SNC1CCN(Cc2ccc(-c3ccccc3)cc2)C1. The van der Waals surface area contributed by atoms with E-state index in [9.17, 15) is 0 Å². The molecule has 1 aliphatic heterocycles. The molecule has 0 bridgehead atoms. The number of benzene rings is 3. The summed E-state index contributed by atoms with van der Waals surface area (Å²) in [5.74, 6) is 0. The first-order chi connectivity index (χ1) is 13.7. The fourth-order valence-corrected chi connectivity index (χ4v) is 4.55. The van der Waals surface area contributed by atoms with Crippen molar-refractivity contribution in [2.45, 2.75) is 30.8 Å². The first-order valence-electron chi connectivity index (χ1n) is 9.82. The fraction of sp³-hybridized carbons (Fsp3) is 0.250. The summed E-state index contributed by atoms with van der Waals surface area (Å²) >= 11 is 1.71. The van der Waals surface area contributed by atoms with Crippen molar-refractivity contribution in [1.82, 2.24) is 9.62 Å². The number of likely N-dealkylation sites (tertiary alicyclic amines) is 1. The number of anilines is 1. The van der Waals surface area contributed by atoms with E-state index >= 15 is 0 Å². The molecule has 0 radical (unpaired) electrons. The first-order valence-corrected chi connectivity index (χ1v) is 10.6. The molecule has 1 atom stereocenters. The number of aryl methyl sites for hydroxylation is 1. The molecule has 0 spiro atoms. The molecule has 1 unspecified atom stereocenters. The molecule has 144 valence electrons. The average molecular weight is 390 g/mol. The molecule has 0 saturated carbocycles. The highest BCUT2D eigenvalue weighted by Gasteiger charge is 2.22. The Hall–Kier alpha value is -2.27. The van der Waals surface area contributed by atoms with Crippen LogP contribution in [0.1, 0.15) is 17.5 Å². The minimum Gasteiger partial charge on any atom is -0.399 e. The lowest BCUT2D eigenvalue weighted by Crippen LogP contribution is -2.28. The third-order valence-corrected chi connectivity index (χ3v) is 6.40. The van der Waals surface area contributed by atoms with Crippen LogP contribution in [0.5, 0.6) is 0 Å². The summed E-state index contributed by atoms with van der Waals surface area (Å²) in [7, 11) is 0. The van der Waals surface area contributed by atoms with Crippen LogP contribution in [-0.2, 0) is 6.54 Å². The predicted octanol–water partition coefficient (Wildman–Crippen LogP) is 5.12. The second kappa shape index (κ2) is 8.82. The number of hydrogen-bond donors (Lipinski definition) is 2. The molecule has 3 nitrogen and oxygen atoms in total. The van der Waals surface area contributed by atoms with Gasteiger partial charge >= 0.3 is 0 Å². The van der Waals surface area contributed by atoms with Crippen LogP contribution in [0, 0.1) is 6.92 Å². The highest BCUT2D eigenvalue weighted by atomic mass is 32.2. The lowest BCUT2D eigenvalue weighted by Gasteiger charge is -2.17. The second-order valence-corrected chi connectivity index (χ2v) is 8.41. The van der Waals surface area contributed by atoms with Gasteiger partial charge in [-0.1, -0.05) is 60.7 Å². The molecule has 0 aliphatic carbocycles. The minimum absolute atomic E-state index is 0.509. The highest BCUT2D eigenvalue weighted by Crippen LogP contribution is 2.25. The smallest absolute Gasteiger partial charge is 0.0325 e. The third kappa shape index (κ3) is 4.76. The van der Waals surface area contributed by atoms with Gasteiger partial charge in [0.05, 0.1) is 0 Å². The molecule has 0 aromatic heterocycles. The van der Waals surface area contributed by atoms with Crippen LogP contribution in [0.15, 0.2) is 77.7 Å². The standard InChI is InChI=1S/C24H27N3S/c1-18-7-12-22(25)15-24(18)28-26-23-13-14-27(17-23)16-19-8-10-21(11-9-19)20-5-3-2-4-6-20/h2-12,15,23,26H,13-14,16-17,25H2,1H3. The number of hydrogen-bond acceptors (Lipinski definition) is 4. The van der Waals surface area contributed by atoms with Crippen molar-refractivity contribution in [2.75, 3.05) is 18.8 Å². The van der Waals surface area contributed by atoms with Gasteiger partial charge in [0.1, 0.15) is 0 Å². The van der Waals surface area contributed by atoms with E-state index in [4.69, 9.17) is 5.73 Å². The average Bonchev–Trinajstić information content (AvgIpc) is 3.17. The Morgan fingerprint density at radius 2 is 1.75 bits per heavy atom. The molecule has 0 amide bonds. The summed E-state index contributed by atoms with van der Waals surface area (Å²) in [5.41, 5.74) is 11.9. The van der Waals surface area contributed by atoms with Crippen LogP contribution in [0.25, 0.3) is 11.1 Å². The van der Waals surface area contributed by atoms with Crippen LogP contribution < -0.4 is 10.5 Å². The van der Waals surface area contributed by atoms with E-state index in [-0.39, 0.29) is 0 Å². The molecule has 3 aromatic rings. The minimum atomic E-state index is 0.509. The van der Waals surface area contributed by atoms with E-state index in [1.54, 1.807) is 11.9 Å². The van der Waals surface area contributed by atoms with Gasteiger partial charge in [-0.2, -0.15) is 0 Å². The maximum atomic E-state index is 5.92. The Morgan fingerprint density at radius 1 is 1.00 bits per heavy atom. The van der Waals surface area contributed by atoms with Gasteiger partial charge in [-0.15, -0.1) is 0 Å². The molecule has 1 saturated heterocycles. The maximum Gasteiger partial charge on any atom is 0.0325 e. The largest absolute Gasteiger partial charge is 0.399 e. The summed E-state index contributed by atoms with van der Waals surface area (Å²) in [6.07, 6.45) is 1.18. The molecule has 4 rings (SSSR count). The molecule has 3 aromatic carbocycles. The highest BCUT2D eigenvalue weighted by molar-refractivity contribution is 7.97. The van der Waals surface area contributed by atoms with E-state index in [2.05, 4.69) is 77.2 Å². The van der Waals surface area contributed by atoms with Crippen LogP contribution in [0.3, 0.4) is 0 Å². The van der Waals surface area contributed by atoms with Crippen LogP contribution >= 0.6 is 11.9 Å². The number of nitrogens with one attached hydrogen (secondary N) is 1. The van der Waals surface area contributed by atoms with Crippen LogP contribution in [0.2, 0.25) is 0 Å². The zero-order valence-corrected chi connectivity index (χ0v) is 17.1. The van der Waals surface area contributed by atoms with Gasteiger partial charge in [0, 0.05) is 36.3 Å². The number of nitrogens with two attached hydrogens (primary N) is 1. The number of nitrogen functional groups attached to an aromatic ring is 1. The summed E-state index contributed by atoms with van der Waals surface area (Å²) < 4.78 is 3.63. The number of nitrogens with zero attached hydrogens (tertiary/aromatic N) is 1. The summed E-state index contributed by atoms with van der Waals surface area (Å²) in [6, 6.07) is 26.1. The lowest BCUT2D eigenvalue weighted by atomic mass is 10.0. The van der Waals surface area contributed by atoms with Gasteiger partial charge in [0.2, 0.25) is 0 Å². The summed E-state index contributed by atoms with van der Waals surface area (Å²) in [4.78, 5) is 3.75. The van der Waals surface area contributed by atoms with Gasteiger partial charge in [-0.05, 0) is 59.7 Å². The summed E-state index contributed by atoms with van der Waals surface area (Å²) in [5, 5.41) is 0. The Balaban J connectivity index is 1.29. The van der Waals surface area contributed by atoms with Crippen molar-refractivity contribution in [1.29, 1.82) is 0 Å². The molecule has 1 fully saturated rings. The molecule has 4 heteroatoms. The fourth-order valence-electron chi connectivity index (χ4n) is 3.64. The molecule has 28 heavy (non-hydrogen) atoms. The van der Waals surface area contributed by atoms with Crippen LogP contribution in [0.4, 0.5) is 5.69 Å². The van der Waals surface area contributed by atoms with Crippen molar-refractivity contribution in [3.8, 4) is 11.1 Å². The molecule has 1 heterocycles. The van der Waals surface area contributed by atoms with E-state index in [0.29, 0.717) is 6.04 Å². The van der Waals surface area contributed by atoms with Crippen molar-refractivity contribution in [3.63, 3.8) is 0 Å². The normalized spacial score (nSPS) is 17.1. The first kappa shape index (κ1) is 19.1. The lowest BCUT2D eigenvalue weighted by molar-refractivity contribution is 0.325. The second-order valence-electron chi connectivity index (χ2n) is 7.53. The van der Waals surface area contributed by atoms with E-state index in [1.165, 1.54) is 33.6 Å². The monoisotopic (exact) mass is 389 g/mol. The Bertz CT molecular complexity index is 909. The van der Waals surface area contributed by atoms with Gasteiger partial charge < -0.3 is 5.73 Å². The van der Waals surface area contributed by atoms with Crippen molar-refractivity contribution < 1.29 is 0 Å². The quantitative estimate of drug-likeness (QED) is 0.454. The Morgan fingerprint density at radius 3 is 2.54 bits per heavy atom. The Kier molecular flexibility index (Phi) is 6.01. The van der Waals surface area contributed by atoms with Crippen molar-refractivity contribution >= 4 is 17.6 Å².